The summed E-state index contributed by atoms with van der Waals surface area (Å²) in [6.07, 6.45) is 6.62. The minimum atomic E-state index is -0.0101. The van der Waals surface area contributed by atoms with E-state index >= 15 is 0 Å². The molecule has 3 aromatic heterocycles. The van der Waals surface area contributed by atoms with E-state index in [1.807, 2.05) is 11.0 Å². The molecule has 0 saturated carbocycles. The van der Waals surface area contributed by atoms with Crippen molar-refractivity contribution >= 4 is 51.7 Å². The van der Waals surface area contributed by atoms with Gasteiger partial charge in [0.1, 0.15) is 11.5 Å². The number of rotatable bonds is 10. The number of aromatic nitrogens is 5. The van der Waals surface area contributed by atoms with E-state index < -0.39 is 0 Å². The number of nitrogens with one attached hydrogen (secondary N) is 1. The molecule has 1 fully saturated rings. The summed E-state index contributed by atoms with van der Waals surface area (Å²) in [5.74, 6) is 1.96. The Balaban J connectivity index is 1.49. The third kappa shape index (κ3) is 5.68. The van der Waals surface area contributed by atoms with E-state index in [0.717, 1.165) is 37.7 Å². The first-order chi connectivity index (χ1) is 20.3. The molecule has 1 aromatic carbocycles. The lowest BCUT2D eigenvalue weighted by Crippen LogP contribution is -2.48. The summed E-state index contributed by atoms with van der Waals surface area (Å²) in [5, 5.41) is 9.24. The predicted molar refractivity (Wildman–Crippen MR) is 165 cm³/mol. The second kappa shape index (κ2) is 12.7. The Morgan fingerprint density at radius 1 is 1.19 bits per heavy atom. The maximum atomic E-state index is 12.1. The van der Waals surface area contributed by atoms with Gasteiger partial charge in [0, 0.05) is 61.4 Å². The molecule has 11 nitrogen and oxygen atoms in total. The molecule has 42 heavy (non-hydrogen) atoms. The Morgan fingerprint density at radius 2 is 1.93 bits per heavy atom. The van der Waals surface area contributed by atoms with Crippen LogP contribution in [0, 0.1) is 0 Å². The van der Waals surface area contributed by atoms with Crippen LogP contribution in [0.3, 0.4) is 0 Å². The van der Waals surface area contributed by atoms with Gasteiger partial charge in [0.05, 0.1) is 24.3 Å². The molecule has 4 heterocycles. The highest BCUT2D eigenvalue weighted by molar-refractivity contribution is 6.41. The molecule has 1 N–H and O–H groups in total. The van der Waals surface area contributed by atoms with E-state index in [1.54, 1.807) is 23.8 Å². The van der Waals surface area contributed by atoms with Crippen LogP contribution in [-0.2, 0) is 11.2 Å². The highest BCUT2D eigenvalue weighted by Crippen LogP contribution is 2.47. The topological polar surface area (TPSA) is 110 Å². The summed E-state index contributed by atoms with van der Waals surface area (Å²) in [7, 11) is 6.94. The summed E-state index contributed by atoms with van der Waals surface area (Å²) in [6.45, 7) is 5.95. The van der Waals surface area contributed by atoms with Crippen molar-refractivity contribution in [2.75, 3.05) is 53.3 Å². The largest absolute Gasteiger partial charge is 0.495 e. The molecule has 1 atom stereocenters. The van der Waals surface area contributed by atoms with Gasteiger partial charge in [-0.15, -0.1) is 5.10 Å². The fourth-order valence-corrected chi connectivity index (χ4v) is 6.10. The van der Waals surface area contributed by atoms with Crippen LogP contribution in [0.4, 0.5) is 5.95 Å². The van der Waals surface area contributed by atoms with Crippen LogP contribution >= 0.6 is 23.2 Å². The number of pyridine rings is 1. The molecule has 1 aliphatic heterocycles. The third-order valence-electron chi connectivity index (χ3n) is 7.67. The lowest BCUT2D eigenvalue weighted by Gasteiger charge is -2.37. The van der Waals surface area contributed by atoms with Gasteiger partial charge in [-0.1, -0.05) is 29.8 Å². The van der Waals surface area contributed by atoms with E-state index in [1.165, 1.54) is 20.3 Å². The monoisotopic (exact) mass is 612 g/mol. The van der Waals surface area contributed by atoms with Crippen LogP contribution in [0.1, 0.15) is 25.1 Å². The second-order valence-corrected chi connectivity index (χ2v) is 11.0. The molecule has 5 rings (SSSR count). The molecule has 0 radical (unpaired) electrons. The van der Waals surface area contributed by atoms with Gasteiger partial charge in [-0.05, 0) is 45.0 Å². The Kier molecular flexibility index (Phi) is 9.00. The number of benzene rings is 1. The number of amides is 1. The Bertz CT molecular complexity index is 1610. The fraction of sp³-hybridized carbons (Fsp3) is 0.414. The molecule has 222 valence electrons. The predicted octanol–water partition coefficient (Wildman–Crippen LogP) is 4.75. The molecule has 0 bridgehead atoms. The van der Waals surface area contributed by atoms with Crippen LogP contribution in [0.15, 0.2) is 31.0 Å². The van der Waals surface area contributed by atoms with E-state index in [4.69, 9.17) is 42.8 Å². The van der Waals surface area contributed by atoms with Crippen LogP contribution in [0.25, 0.3) is 27.8 Å². The zero-order chi connectivity index (χ0) is 30.0. The van der Waals surface area contributed by atoms with E-state index in [0.29, 0.717) is 74.7 Å². The number of likely N-dealkylation sites (tertiary alicyclic amines) is 1. The van der Waals surface area contributed by atoms with Gasteiger partial charge in [-0.2, -0.15) is 9.50 Å². The first-order valence-corrected chi connectivity index (χ1v) is 14.5. The van der Waals surface area contributed by atoms with Gasteiger partial charge in [-0.3, -0.25) is 4.79 Å². The van der Waals surface area contributed by atoms with Crippen molar-refractivity contribution in [2.45, 2.75) is 31.7 Å². The quantitative estimate of drug-likeness (QED) is 0.254. The van der Waals surface area contributed by atoms with Gasteiger partial charge in [0.15, 0.2) is 17.1 Å². The number of carbonyl (C=O) groups is 1. The van der Waals surface area contributed by atoms with Crippen LogP contribution < -0.4 is 14.8 Å². The fourth-order valence-electron chi connectivity index (χ4n) is 5.40. The average molecular weight is 614 g/mol. The number of nitrogens with zero attached hydrogens (tertiary/aromatic N) is 7. The maximum absolute atomic E-state index is 12.1. The number of anilines is 1. The number of halogens is 2. The molecule has 0 spiro atoms. The summed E-state index contributed by atoms with van der Waals surface area (Å²) >= 11 is 13.6. The average Bonchev–Trinajstić information content (AvgIpc) is 3.45. The highest BCUT2D eigenvalue weighted by atomic mass is 35.5. The van der Waals surface area contributed by atoms with Crippen molar-refractivity contribution < 1.29 is 14.3 Å². The molecule has 1 amide bonds. The maximum Gasteiger partial charge on any atom is 0.246 e. The number of ether oxygens (including phenoxy) is 2. The summed E-state index contributed by atoms with van der Waals surface area (Å²) in [5.41, 5.74) is 2.33. The van der Waals surface area contributed by atoms with Crippen molar-refractivity contribution in [1.82, 2.24) is 34.4 Å². The molecule has 4 aromatic rings. The Morgan fingerprint density at radius 3 is 2.60 bits per heavy atom. The standard InChI is InChI=1S/C29H34Cl2N8O3/c1-6-23(40)38-12-7-9-18(16-38)37(3)11-8-10-22-34-28-19(24-25(30)20(41-4)14-21(42-5)26(24)31)13-17-15-33-29(32-2)35-27(17)39(28)36-22/h6,13-15,18H,1,7-12,16H2,2-5H3,(H,32,33,35)/t18-/m0/s1. The van der Waals surface area contributed by atoms with Crippen LogP contribution in [0.2, 0.25) is 10.0 Å². The normalized spacial score (nSPS) is 15.4. The zero-order valence-electron chi connectivity index (χ0n) is 24.2. The van der Waals surface area contributed by atoms with Crippen molar-refractivity contribution in [3.63, 3.8) is 0 Å². The summed E-state index contributed by atoms with van der Waals surface area (Å²) in [4.78, 5) is 30.3. The minimum absolute atomic E-state index is 0.0101. The molecular weight excluding hydrogens is 579 g/mol. The van der Waals surface area contributed by atoms with Gasteiger partial charge in [-0.25, -0.2) is 9.97 Å². The van der Waals surface area contributed by atoms with Crippen LogP contribution in [0.5, 0.6) is 11.5 Å². The number of hydrogen-bond acceptors (Lipinski definition) is 9. The number of likely N-dealkylation sites (N-methyl/N-ethyl adjacent to an activating group) is 1. The van der Waals surface area contributed by atoms with Gasteiger partial charge < -0.3 is 24.6 Å². The number of carbonyl (C=O) groups excluding carboxylic acids is 1. The molecule has 1 aliphatic rings. The van der Waals surface area contributed by atoms with Crippen molar-refractivity contribution in [3.8, 4) is 22.6 Å². The highest BCUT2D eigenvalue weighted by Gasteiger charge is 2.26. The minimum Gasteiger partial charge on any atom is -0.495 e. The third-order valence-corrected chi connectivity index (χ3v) is 8.42. The van der Waals surface area contributed by atoms with Gasteiger partial charge in [0.2, 0.25) is 11.9 Å². The molecule has 0 aliphatic carbocycles. The molecule has 1 saturated heterocycles. The van der Waals surface area contributed by atoms with E-state index in [9.17, 15) is 4.79 Å². The summed E-state index contributed by atoms with van der Waals surface area (Å²) < 4.78 is 12.7. The Labute approximate surface area is 254 Å². The van der Waals surface area contributed by atoms with E-state index in [2.05, 4.69) is 33.8 Å². The summed E-state index contributed by atoms with van der Waals surface area (Å²) in [6, 6.07) is 3.86. The lowest BCUT2D eigenvalue weighted by molar-refractivity contribution is -0.128. The second-order valence-electron chi connectivity index (χ2n) is 10.2. The molecule has 0 unspecified atom stereocenters. The van der Waals surface area contributed by atoms with Crippen molar-refractivity contribution in [1.29, 1.82) is 0 Å². The van der Waals surface area contributed by atoms with Crippen molar-refractivity contribution in [3.05, 3.63) is 46.9 Å². The van der Waals surface area contributed by atoms with Gasteiger partial charge in [0.25, 0.3) is 0 Å². The van der Waals surface area contributed by atoms with Gasteiger partial charge >= 0.3 is 0 Å². The number of piperidine rings is 1. The first kappa shape index (κ1) is 29.8. The number of fused-ring (bicyclic) bond motifs is 3. The smallest absolute Gasteiger partial charge is 0.246 e. The Hall–Kier alpha value is -3.67. The number of methoxy groups -OCH3 is 2. The van der Waals surface area contributed by atoms with Crippen molar-refractivity contribution in [2.24, 2.45) is 0 Å². The number of aryl methyl sites for hydroxylation is 1. The molecule has 13 heteroatoms. The van der Waals surface area contributed by atoms with E-state index in [-0.39, 0.29) is 5.91 Å². The zero-order valence-corrected chi connectivity index (χ0v) is 25.7. The lowest BCUT2D eigenvalue weighted by atomic mass is 10.0. The van der Waals surface area contributed by atoms with Crippen LogP contribution in [-0.4, -0.2) is 94.3 Å². The molecular formula is C29H34Cl2N8O3. The number of hydrogen-bond donors (Lipinski definition) is 1. The first-order valence-electron chi connectivity index (χ1n) is 13.7. The SMILES string of the molecule is C=CC(=O)N1CCC[C@H](N(C)CCCc2nc3c(-c4c(Cl)c(OC)cc(OC)c4Cl)cc4cnc(NC)nc4n3n2)C1.